The van der Waals surface area contributed by atoms with Crippen molar-refractivity contribution in [1.82, 2.24) is 10.2 Å². The van der Waals surface area contributed by atoms with Crippen molar-refractivity contribution in [2.24, 2.45) is 0 Å². The van der Waals surface area contributed by atoms with E-state index in [4.69, 9.17) is 9.15 Å². The number of ether oxygens (including phenoxy) is 1. The molecule has 0 spiro atoms. The predicted molar refractivity (Wildman–Crippen MR) is 74.5 cm³/mol. The highest BCUT2D eigenvalue weighted by Crippen LogP contribution is 2.29. The van der Waals surface area contributed by atoms with Gasteiger partial charge in [0.15, 0.2) is 5.76 Å². The molecule has 1 amide bonds. The summed E-state index contributed by atoms with van der Waals surface area (Å²) in [6.07, 6.45) is 4.78. The van der Waals surface area contributed by atoms with Crippen LogP contribution < -0.4 is 5.32 Å². The van der Waals surface area contributed by atoms with Crippen LogP contribution in [0.2, 0.25) is 0 Å². The quantitative estimate of drug-likeness (QED) is 0.892. The van der Waals surface area contributed by atoms with E-state index < -0.39 is 0 Å². The normalized spacial score (nSPS) is 21.1. The fourth-order valence-corrected chi connectivity index (χ4v) is 2.82. The molecule has 2 fully saturated rings. The van der Waals surface area contributed by atoms with Crippen LogP contribution in [-0.4, -0.2) is 43.1 Å². The van der Waals surface area contributed by atoms with Crippen LogP contribution in [0, 0.1) is 0 Å². The number of piperidine rings is 1. The summed E-state index contributed by atoms with van der Waals surface area (Å²) in [6.45, 7) is 2.60. The molecule has 110 valence electrons. The monoisotopic (exact) mass is 278 g/mol. The predicted octanol–water partition coefficient (Wildman–Crippen LogP) is 1.78. The number of hydrogen-bond acceptors (Lipinski definition) is 4. The molecule has 0 unspecified atom stereocenters. The van der Waals surface area contributed by atoms with Crippen molar-refractivity contribution in [3.8, 4) is 0 Å². The number of methoxy groups -OCH3 is 1. The summed E-state index contributed by atoms with van der Waals surface area (Å²) in [6, 6.07) is 4.60. The van der Waals surface area contributed by atoms with E-state index in [0.29, 0.717) is 18.1 Å². The van der Waals surface area contributed by atoms with Crippen molar-refractivity contribution in [2.45, 2.75) is 44.4 Å². The number of amides is 1. The molecule has 1 aromatic heterocycles. The standard InChI is InChI=1S/C15H22N2O3/c1-19-10-13-4-5-14(20-13)15(18)16-11-6-8-17(9-7-11)12-2-3-12/h4-5,11-12H,2-3,6-10H2,1H3,(H,16,18). The lowest BCUT2D eigenvalue weighted by atomic mass is 10.0. The number of rotatable bonds is 5. The maximum atomic E-state index is 12.1. The van der Waals surface area contributed by atoms with Crippen LogP contribution in [0.1, 0.15) is 42.0 Å². The van der Waals surface area contributed by atoms with Crippen molar-refractivity contribution in [2.75, 3.05) is 20.2 Å². The number of nitrogens with zero attached hydrogens (tertiary/aromatic N) is 1. The maximum Gasteiger partial charge on any atom is 0.287 e. The van der Waals surface area contributed by atoms with Crippen LogP contribution in [0.25, 0.3) is 0 Å². The average Bonchev–Trinajstić information content (AvgIpc) is 3.20. The Bertz CT molecular complexity index is 459. The Labute approximate surface area is 119 Å². The van der Waals surface area contributed by atoms with Gasteiger partial charge >= 0.3 is 0 Å². The Morgan fingerprint density at radius 1 is 1.35 bits per heavy atom. The molecule has 0 radical (unpaired) electrons. The van der Waals surface area contributed by atoms with Gasteiger partial charge in [0.25, 0.3) is 5.91 Å². The van der Waals surface area contributed by atoms with Gasteiger partial charge in [-0.2, -0.15) is 0 Å². The van der Waals surface area contributed by atoms with Gasteiger partial charge in [0, 0.05) is 32.3 Å². The number of carbonyl (C=O) groups excluding carboxylic acids is 1. The molecule has 3 rings (SSSR count). The zero-order valence-electron chi connectivity index (χ0n) is 11.9. The van der Waals surface area contributed by atoms with Gasteiger partial charge in [-0.15, -0.1) is 0 Å². The molecule has 0 bridgehead atoms. The van der Waals surface area contributed by atoms with Crippen molar-refractivity contribution in [3.05, 3.63) is 23.7 Å². The SMILES string of the molecule is COCc1ccc(C(=O)NC2CCN(C3CC3)CC2)o1. The lowest BCUT2D eigenvalue weighted by Gasteiger charge is -2.32. The third kappa shape index (κ3) is 3.22. The van der Waals surface area contributed by atoms with Crippen LogP contribution >= 0.6 is 0 Å². The maximum absolute atomic E-state index is 12.1. The summed E-state index contributed by atoms with van der Waals surface area (Å²) in [5, 5.41) is 3.07. The highest BCUT2D eigenvalue weighted by molar-refractivity contribution is 5.91. The van der Waals surface area contributed by atoms with E-state index >= 15 is 0 Å². The van der Waals surface area contributed by atoms with E-state index in [9.17, 15) is 4.79 Å². The first kappa shape index (κ1) is 13.6. The van der Waals surface area contributed by atoms with E-state index in [0.717, 1.165) is 32.0 Å². The first-order valence-corrected chi connectivity index (χ1v) is 7.39. The summed E-state index contributed by atoms with van der Waals surface area (Å²) in [7, 11) is 1.61. The van der Waals surface area contributed by atoms with Crippen molar-refractivity contribution in [1.29, 1.82) is 0 Å². The van der Waals surface area contributed by atoms with Gasteiger partial charge in [-0.25, -0.2) is 0 Å². The number of carbonyl (C=O) groups is 1. The largest absolute Gasteiger partial charge is 0.453 e. The minimum Gasteiger partial charge on any atom is -0.453 e. The van der Waals surface area contributed by atoms with Crippen LogP contribution in [0.15, 0.2) is 16.5 Å². The van der Waals surface area contributed by atoms with E-state index in [1.807, 2.05) is 0 Å². The summed E-state index contributed by atoms with van der Waals surface area (Å²) in [5.41, 5.74) is 0. The smallest absolute Gasteiger partial charge is 0.287 e. The molecular formula is C15H22N2O3. The van der Waals surface area contributed by atoms with Gasteiger partial charge in [0.2, 0.25) is 0 Å². The van der Waals surface area contributed by atoms with Gasteiger partial charge in [0.1, 0.15) is 12.4 Å². The topological polar surface area (TPSA) is 54.7 Å². The molecule has 0 aromatic carbocycles. The Morgan fingerprint density at radius 3 is 2.75 bits per heavy atom. The van der Waals surface area contributed by atoms with E-state index in [-0.39, 0.29) is 11.9 Å². The molecule has 1 saturated carbocycles. The van der Waals surface area contributed by atoms with Gasteiger partial charge in [-0.05, 0) is 37.8 Å². The van der Waals surface area contributed by atoms with E-state index in [1.165, 1.54) is 12.8 Å². The number of likely N-dealkylation sites (tertiary alicyclic amines) is 1. The van der Waals surface area contributed by atoms with Crippen LogP contribution in [0.4, 0.5) is 0 Å². The molecule has 0 atom stereocenters. The van der Waals surface area contributed by atoms with Crippen LogP contribution in [0.5, 0.6) is 0 Å². The molecule has 1 aromatic rings. The third-order valence-corrected chi connectivity index (χ3v) is 4.10. The van der Waals surface area contributed by atoms with Crippen molar-refractivity contribution < 1.29 is 13.9 Å². The van der Waals surface area contributed by atoms with Gasteiger partial charge < -0.3 is 19.4 Å². The van der Waals surface area contributed by atoms with Crippen molar-refractivity contribution in [3.63, 3.8) is 0 Å². The van der Waals surface area contributed by atoms with Crippen molar-refractivity contribution >= 4 is 5.91 Å². The Kier molecular flexibility index (Phi) is 4.08. The second kappa shape index (κ2) is 5.97. The zero-order valence-corrected chi connectivity index (χ0v) is 11.9. The number of furan rings is 1. The molecule has 5 nitrogen and oxygen atoms in total. The molecule has 5 heteroatoms. The minimum atomic E-state index is -0.114. The fraction of sp³-hybridized carbons (Fsp3) is 0.667. The van der Waals surface area contributed by atoms with Gasteiger partial charge in [-0.1, -0.05) is 0 Å². The molecule has 1 saturated heterocycles. The van der Waals surface area contributed by atoms with E-state index in [1.54, 1.807) is 19.2 Å². The Balaban J connectivity index is 1.48. The first-order valence-electron chi connectivity index (χ1n) is 7.39. The average molecular weight is 278 g/mol. The molecule has 20 heavy (non-hydrogen) atoms. The van der Waals surface area contributed by atoms with E-state index in [2.05, 4.69) is 10.2 Å². The fourth-order valence-electron chi connectivity index (χ4n) is 2.82. The summed E-state index contributed by atoms with van der Waals surface area (Å²) in [4.78, 5) is 14.6. The molecule has 1 aliphatic heterocycles. The molecule has 2 aliphatic rings. The summed E-state index contributed by atoms with van der Waals surface area (Å²) < 4.78 is 10.4. The highest BCUT2D eigenvalue weighted by atomic mass is 16.5. The zero-order chi connectivity index (χ0) is 13.9. The molecule has 1 N–H and O–H groups in total. The molecular weight excluding hydrogens is 256 g/mol. The summed E-state index contributed by atoms with van der Waals surface area (Å²) >= 11 is 0. The number of hydrogen-bond donors (Lipinski definition) is 1. The first-order chi connectivity index (χ1) is 9.76. The Hall–Kier alpha value is -1.33. The highest BCUT2D eigenvalue weighted by Gasteiger charge is 2.32. The van der Waals surface area contributed by atoms with Gasteiger partial charge in [-0.3, -0.25) is 4.79 Å². The molecule has 1 aliphatic carbocycles. The minimum absolute atomic E-state index is 0.114. The lowest BCUT2D eigenvalue weighted by molar-refractivity contribution is 0.0873. The number of nitrogens with one attached hydrogen (secondary N) is 1. The Morgan fingerprint density at radius 2 is 2.10 bits per heavy atom. The second-order valence-corrected chi connectivity index (χ2v) is 5.71. The van der Waals surface area contributed by atoms with Crippen LogP contribution in [-0.2, 0) is 11.3 Å². The van der Waals surface area contributed by atoms with Crippen LogP contribution in [0.3, 0.4) is 0 Å². The third-order valence-electron chi connectivity index (χ3n) is 4.10. The summed E-state index contributed by atoms with van der Waals surface area (Å²) in [5.74, 6) is 0.945. The second-order valence-electron chi connectivity index (χ2n) is 5.71. The van der Waals surface area contributed by atoms with Gasteiger partial charge in [0.05, 0.1) is 0 Å². The lowest BCUT2D eigenvalue weighted by Crippen LogP contribution is -2.45. The molecule has 2 heterocycles.